The minimum Gasteiger partial charge on any atom is -0.481 e. The molecule has 0 aliphatic heterocycles. The first kappa shape index (κ1) is 28.1. The van der Waals surface area contributed by atoms with Gasteiger partial charge < -0.3 is 20.1 Å². The fourth-order valence-electron chi connectivity index (χ4n) is 3.72. The molecule has 1 aliphatic carbocycles. The lowest BCUT2D eigenvalue weighted by molar-refractivity contribution is -0.171. The van der Waals surface area contributed by atoms with E-state index in [0.29, 0.717) is 0 Å². The van der Waals surface area contributed by atoms with Crippen molar-refractivity contribution in [3.8, 4) is 0 Å². The lowest BCUT2D eigenvalue weighted by Crippen LogP contribution is -2.43. The molecule has 1 aliphatic rings. The zero-order valence-electron chi connectivity index (χ0n) is 20.2. The van der Waals surface area contributed by atoms with Crippen LogP contribution in [-0.2, 0) is 19.1 Å². The molecule has 0 fully saturated rings. The largest absolute Gasteiger partial charge is 0.481 e. The molecule has 0 spiro atoms. The fraction of sp³-hybridized carbons (Fsp3) is 0.500. The molecule has 0 aromatic heterocycles. The number of carbonyl (C=O) groups is 3. The van der Waals surface area contributed by atoms with E-state index in [9.17, 15) is 19.5 Å². The molecule has 0 heterocycles. The Morgan fingerprint density at radius 3 is 2.33 bits per heavy atom. The van der Waals surface area contributed by atoms with Crippen LogP contribution in [0.25, 0.3) is 0 Å². The van der Waals surface area contributed by atoms with Crippen LogP contribution in [0.4, 0.5) is 0 Å². The number of esters is 1. The summed E-state index contributed by atoms with van der Waals surface area (Å²) in [5.74, 6) is -4.31. The van der Waals surface area contributed by atoms with E-state index in [4.69, 9.17) is 14.9 Å². The zero-order chi connectivity index (χ0) is 25.2. The summed E-state index contributed by atoms with van der Waals surface area (Å²) in [5.41, 5.74) is 2.27. The van der Waals surface area contributed by atoms with Gasteiger partial charge in [-0.05, 0) is 57.1 Å². The smallest absolute Gasteiger partial charge is 0.336 e. The molecule has 0 aromatic carbocycles. The number of allylic oxidation sites excluding steroid dienone is 9. The number of hydrogen-bond acceptors (Lipinski definition) is 5. The van der Waals surface area contributed by atoms with Gasteiger partial charge in [0.05, 0.1) is 12.8 Å². The third-order valence-corrected chi connectivity index (χ3v) is 5.70. The highest BCUT2D eigenvalue weighted by Crippen LogP contribution is 2.40. The van der Waals surface area contributed by atoms with Gasteiger partial charge in [0.1, 0.15) is 6.61 Å². The van der Waals surface area contributed by atoms with Crippen LogP contribution in [0.15, 0.2) is 58.7 Å². The van der Waals surface area contributed by atoms with Crippen molar-refractivity contribution in [1.82, 2.24) is 0 Å². The SMILES string of the molecule is CC1=C(/C=C/C(C)=C/C=C\C(C)=C\COC(=O)CC(O)(CC(=O)O)C(=O)O)C(C)(C)CCC1. The number of ether oxygens (including phenoxy) is 1. The van der Waals surface area contributed by atoms with E-state index in [1.165, 1.54) is 24.0 Å². The first-order valence-corrected chi connectivity index (χ1v) is 11.0. The first-order valence-electron chi connectivity index (χ1n) is 11.0. The fourth-order valence-corrected chi connectivity index (χ4v) is 3.72. The van der Waals surface area contributed by atoms with E-state index in [2.05, 4.69) is 32.9 Å². The Hall–Kier alpha value is -2.93. The highest BCUT2D eigenvalue weighted by Gasteiger charge is 2.41. The predicted molar refractivity (Wildman–Crippen MR) is 127 cm³/mol. The molecule has 7 heteroatoms. The number of hydrogen-bond donors (Lipinski definition) is 3. The normalized spacial score (nSPS) is 19.1. The van der Waals surface area contributed by atoms with E-state index < -0.39 is 36.4 Å². The molecule has 1 rings (SSSR count). The maximum atomic E-state index is 11.8. The second-order valence-electron chi connectivity index (χ2n) is 9.25. The Morgan fingerprint density at radius 2 is 1.76 bits per heavy atom. The van der Waals surface area contributed by atoms with Gasteiger partial charge in [-0.1, -0.05) is 60.9 Å². The molecular formula is C26H36O7. The summed E-state index contributed by atoms with van der Waals surface area (Å²) in [7, 11) is 0. The quantitative estimate of drug-likeness (QED) is 0.301. The average molecular weight is 461 g/mol. The van der Waals surface area contributed by atoms with Crippen molar-refractivity contribution in [1.29, 1.82) is 0 Å². The summed E-state index contributed by atoms with van der Waals surface area (Å²) in [6.07, 6.45) is 13.2. The zero-order valence-corrected chi connectivity index (χ0v) is 20.2. The summed E-state index contributed by atoms with van der Waals surface area (Å²) in [6.45, 7) is 10.5. The van der Waals surface area contributed by atoms with Crippen molar-refractivity contribution in [2.24, 2.45) is 5.41 Å². The molecule has 0 bridgehead atoms. The van der Waals surface area contributed by atoms with Crippen LogP contribution in [0.2, 0.25) is 0 Å². The van der Waals surface area contributed by atoms with Gasteiger partial charge in [0.2, 0.25) is 0 Å². The third kappa shape index (κ3) is 9.61. The Kier molecular flexibility index (Phi) is 10.5. The molecule has 1 unspecified atom stereocenters. The third-order valence-electron chi connectivity index (χ3n) is 5.70. The van der Waals surface area contributed by atoms with Gasteiger partial charge in [-0.15, -0.1) is 0 Å². The Morgan fingerprint density at radius 1 is 1.09 bits per heavy atom. The van der Waals surface area contributed by atoms with Gasteiger partial charge in [-0.2, -0.15) is 0 Å². The topological polar surface area (TPSA) is 121 Å². The van der Waals surface area contributed by atoms with Crippen molar-refractivity contribution < 1.29 is 34.4 Å². The lowest BCUT2D eigenvalue weighted by atomic mass is 9.72. The second-order valence-corrected chi connectivity index (χ2v) is 9.25. The van der Waals surface area contributed by atoms with Gasteiger partial charge in [0.25, 0.3) is 0 Å². The molecule has 1 atom stereocenters. The second kappa shape index (κ2) is 12.3. The van der Waals surface area contributed by atoms with Gasteiger partial charge in [0, 0.05) is 0 Å². The van der Waals surface area contributed by atoms with Crippen LogP contribution in [0.1, 0.15) is 66.7 Å². The highest BCUT2D eigenvalue weighted by molar-refractivity contribution is 5.88. The van der Waals surface area contributed by atoms with E-state index in [1.807, 2.05) is 32.1 Å². The Balaban J connectivity index is 2.62. The number of carboxylic acid groups (broad SMARTS) is 2. The summed E-state index contributed by atoms with van der Waals surface area (Å²) in [5, 5.41) is 27.5. The number of rotatable bonds is 11. The van der Waals surface area contributed by atoms with Crippen molar-refractivity contribution in [3.05, 3.63) is 58.7 Å². The lowest BCUT2D eigenvalue weighted by Gasteiger charge is -2.32. The monoisotopic (exact) mass is 460 g/mol. The maximum Gasteiger partial charge on any atom is 0.336 e. The summed E-state index contributed by atoms with van der Waals surface area (Å²) < 4.78 is 4.91. The van der Waals surface area contributed by atoms with Crippen molar-refractivity contribution in [2.75, 3.05) is 6.61 Å². The number of carbonyl (C=O) groups excluding carboxylic acids is 1. The Labute approximate surface area is 195 Å². The molecule has 7 nitrogen and oxygen atoms in total. The van der Waals surface area contributed by atoms with Crippen LogP contribution in [0.5, 0.6) is 0 Å². The van der Waals surface area contributed by atoms with E-state index in [1.54, 1.807) is 6.08 Å². The summed E-state index contributed by atoms with van der Waals surface area (Å²) in [6, 6.07) is 0. The molecule has 3 N–H and O–H groups in total. The first-order chi connectivity index (χ1) is 15.3. The van der Waals surface area contributed by atoms with Crippen LogP contribution in [0, 0.1) is 5.41 Å². The Bertz CT molecular complexity index is 900. The molecular weight excluding hydrogens is 424 g/mol. The summed E-state index contributed by atoms with van der Waals surface area (Å²) in [4.78, 5) is 33.6. The van der Waals surface area contributed by atoms with Crippen molar-refractivity contribution >= 4 is 17.9 Å². The van der Waals surface area contributed by atoms with Gasteiger partial charge in [-0.3, -0.25) is 9.59 Å². The van der Waals surface area contributed by atoms with E-state index in [-0.39, 0.29) is 12.0 Å². The van der Waals surface area contributed by atoms with Gasteiger partial charge in [-0.25, -0.2) is 4.79 Å². The van der Waals surface area contributed by atoms with Crippen LogP contribution < -0.4 is 0 Å². The minimum atomic E-state index is -2.70. The predicted octanol–water partition coefficient (Wildman–Crippen LogP) is 4.74. The highest BCUT2D eigenvalue weighted by atomic mass is 16.5. The number of carboxylic acids is 2. The molecule has 0 saturated heterocycles. The summed E-state index contributed by atoms with van der Waals surface area (Å²) >= 11 is 0. The van der Waals surface area contributed by atoms with Crippen LogP contribution in [-0.4, -0.2) is 45.4 Å². The molecule has 0 aromatic rings. The van der Waals surface area contributed by atoms with E-state index >= 15 is 0 Å². The molecule has 0 saturated carbocycles. The molecule has 0 amide bonds. The maximum absolute atomic E-state index is 11.8. The number of aliphatic hydroxyl groups is 1. The molecule has 33 heavy (non-hydrogen) atoms. The standard InChI is InChI=1S/C26H36O7/c1-18(11-12-21-20(3)10-7-14-25(21,4)5)8-6-9-19(2)13-15-33-23(29)17-26(32,24(30)31)16-22(27)28/h6,8-9,11-13,32H,7,10,14-17H2,1-5H3,(H,27,28)(H,30,31)/b9-6-,12-11+,18-8+,19-13+. The van der Waals surface area contributed by atoms with Gasteiger partial charge >= 0.3 is 17.9 Å². The van der Waals surface area contributed by atoms with Crippen molar-refractivity contribution in [2.45, 2.75) is 72.3 Å². The minimum absolute atomic E-state index is 0.122. The molecule has 0 radical (unpaired) electrons. The molecule has 182 valence electrons. The van der Waals surface area contributed by atoms with Crippen LogP contribution in [0.3, 0.4) is 0 Å². The van der Waals surface area contributed by atoms with Gasteiger partial charge in [0.15, 0.2) is 5.60 Å². The number of aliphatic carboxylic acids is 2. The van der Waals surface area contributed by atoms with Crippen molar-refractivity contribution in [3.63, 3.8) is 0 Å². The van der Waals surface area contributed by atoms with E-state index in [0.717, 1.165) is 17.6 Å². The van der Waals surface area contributed by atoms with Crippen LogP contribution >= 0.6 is 0 Å². The average Bonchev–Trinajstić information content (AvgIpc) is 2.66.